The molecule has 0 saturated carbocycles. The van der Waals surface area contributed by atoms with Crippen molar-refractivity contribution in [1.82, 2.24) is 0 Å². The van der Waals surface area contributed by atoms with Gasteiger partial charge in [0.2, 0.25) is 0 Å². The molecule has 0 unspecified atom stereocenters. The molecule has 1 aromatic carbocycles. The molecule has 0 bridgehead atoms. The van der Waals surface area contributed by atoms with Gasteiger partial charge in [-0.15, -0.1) is 11.3 Å². The van der Waals surface area contributed by atoms with E-state index in [1.165, 1.54) is 12.1 Å². The molecule has 0 saturated heterocycles. The molecular formula is C13H9FOS. The zero-order chi connectivity index (χ0) is 11.4. The maximum Gasteiger partial charge on any atom is 0.150 e. The Morgan fingerprint density at radius 1 is 1.19 bits per heavy atom. The van der Waals surface area contributed by atoms with Gasteiger partial charge in [-0.1, -0.05) is 18.2 Å². The molecule has 0 amide bonds. The Morgan fingerprint density at radius 2 is 1.94 bits per heavy atom. The molecule has 0 aliphatic carbocycles. The molecule has 0 N–H and O–H groups in total. The first-order valence-electron chi connectivity index (χ1n) is 4.76. The van der Waals surface area contributed by atoms with Gasteiger partial charge in [-0.2, -0.15) is 0 Å². The highest BCUT2D eigenvalue weighted by molar-refractivity contribution is 7.10. The highest BCUT2D eigenvalue weighted by Crippen LogP contribution is 2.19. The van der Waals surface area contributed by atoms with Crippen LogP contribution in [0.4, 0.5) is 4.39 Å². The van der Waals surface area contributed by atoms with Crippen LogP contribution in [0.15, 0.2) is 41.8 Å². The fraction of sp³-hybridized carbons (Fsp3) is 0. The summed E-state index contributed by atoms with van der Waals surface area (Å²) in [6.45, 7) is 0. The third-order valence-corrected chi connectivity index (χ3v) is 2.96. The van der Waals surface area contributed by atoms with Crippen molar-refractivity contribution >= 4 is 29.3 Å². The van der Waals surface area contributed by atoms with Gasteiger partial charge in [-0.25, -0.2) is 4.39 Å². The van der Waals surface area contributed by atoms with Crippen molar-refractivity contribution in [2.45, 2.75) is 0 Å². The molecule has 1 heterocycles. The quantitative estimate of drug-likeness (QED) is 0.583. The van der Waals surface area contributed by atoms with E-state index in [-0.39, 0.29) is 5.82 Å². The lowest BCUT2D eigenvalue weighted by atomic mass is 10.1. The number of halogens is 1. The number of rotatable bonds is 3. The lowest BCUT2D eigenvalue weighted by molar-refractivity contribution is -0.103. The summed E-state index contributed by atoms with van der Waals surface area (Å²) in [5, 5.41) is 1.94. The first kappa shape index (κ1) is 10.8. The average Bonchev–Trinajstić information content (AvgIpc) is 2.80. The number of allylic oxidation sites excluding steroid dienone is 1. The minimum Gasteiger partial charge on any atom is -0.298 e. The van der Waals surface area contributed by atoms with Crippen molar-refractivity contribution in [3.05, 3.63) is 58.0 Å². The van der Waals surface area contributed by atoms with Gasteiger partial charge in [0.25, 0.3) is 0 Å². The Balaban J connectivity index is 2.36. The van der Waals surface area contributed by atoms with Crippen molar-refractivity contribution in [2.24, 2.45) is 0 Å². The van der Waals surface area contributed by atoms with Crippen LogP contribution in [0.3, 0.4) is 0 Å². The molecule has 0 radical (unpaired) electrons. The molecule has 0 spiro atoms. The molecule has 2 rings (SSSR count). The van der Waals surface area contributed by atoms with Crippen LogP contribution in [0, 0.1) is 5.82 Å². The number of aldehydes is 1. The van der Waals surface area contributed by atoms with Crippen molar-refractivity contribution < 1.29 is 9.18 Å². The molecule has 80 valence electrons. The third-order valence-electron chi connectivity index (χ3n) is 2.15. The number of hydrogen-bond donors (Lipinski definition) is 0. The second-order valence-electron chi connectivity index (χ2n) is 3.24. The van der Waals surface area contributed by atoms with Gasteiger partial charge in [0.1, 0.15) is 5.82 Å². The van der Waals surface area contributed by atoms with E-state index in [0.29, 0.717) is 5.57 Å². The van der Waals surface area contributed by atoms with Gasteiger partial charge in [0.05, 0.1) is 0 Å². The van der Waals surface area contributed by atoms with Gasteiger partial charge in [0.15, 0.2) is 6.29 Å². The zero-order valence-electron chi connectivity index (χ0n) is 8.39. The molecule has 2 aromatic rings. The number of thiophene rings is 1. The van der Waals surface area contributed by atoms with Crippen LogP contribution in [-0.2, 0) is 4.79 Å². The van der Waals surface area contributed by atoms with Gasteiger partial charge >= 0.3 is 0 Å². The second-order valence-corrected chi connectivity index (χ2v) is 4.22. The maximum absolute atomic E-state index is 12.7. The molecular weight excluding hydrogens is 223 g/mol. The van der Waals surface area contributed by atoms with E-state index < -0.39 is 0 Å². The van der Waals surface area contributed by atoms with E-state index in [1.807, 2.05) is 17.5 Å². The summed E-state index contributed by atoms with van der Waals surface area (Å²) in [4.78, 5) is 12.0. The second kappa shape index (κ2) is 4.86. The van der Waals surface area contributed by atoms with E-state index in [4.69, 9.17) is 0 Å². The fourth-order valence-electron chi connectivity index (χ4n) is 1.35. The highest BCUT2D eigenvalue weighted by atomic mass is 32.1. The zero-order valence-corrected chi connectivity index (χ0v) is 9.21. The predicted molar refractivity (Wildman–Crippen MR) is 64.7 cm³/mol. The Hall–Kier alpha value is -1.74. The molecule has 1 nitrogen and oxygen atoms in total. The van der Waals surface area contributed by atoms with Crippen molar-refractivity contribution in [2.75, 3.05) is 0 Å². The van der Waals surface area contributed by atoms with Gasteiger partial charge < -0.3 is 0 Å². The molecule has 16 heavy (non-hydrogen) atoms. The van der Waals surface area contributed by atoms with Crippen molar-refractivity contribution in [3.8, 4) is 0 Å². The van der Waals surface area contributed by atoms with Gasteiger partial charge in [-0.3, -0.25) is 4.79 Å². The van der Waals surface area contributed by atoms with Crippen LogP contribution in [0.2, 0.25) is 0 Å². The summed E-state index contributed by atoms with van der Waals surface area (Å²) in [7, 11) is 0. The SMILES string of the molecule is O=C/C(=C\c1cccs1)c1ccc(F)cc1. The largest absolute Gasteiger partial charge is 0.298 e. The Bertz CT molecular complexity index is 497. The van der Waals surface area contributed by atoms with Crippen molar-refractivity contribution in [1.29, 1.82) is 0 Å². The number of carbonyl (C=O) groups excluding carboxylic acids is 1. The fourth-order valence-corrected chi connectivity index (χ4v) is 2.02. The predicted octanol–water partition coefficient (Wildman–Crippen LogP) is 3.63. The Labute approximate surface area is 96.9 Å². The maximum atomic E-state index is 12.7. The third kappa shape index (κ3) is 2.44. The number of benzene rings is 1. The van der Waals surface area contributed by atoms with Crippen molar-refractivity contribution in [3.63, 3.8) is 0 Å². The van der Waals surface area contributed by atoms with Crippen LogP contribution in [0.25, 0.3) is 11.6 Å². The van der Waals surface area contributed by atoms with Gasteiger partial charge in [0, 0.05) is 10.5 Å². The molecule has 0 aliphatic rings. The van der Waals surface area contributed by atoms with Crippen LogP contribution in [0.1, 0.15) is 10.4 Å². The Morgan fingerprint density at radius 3 is 2.50 bits per heavy atom. The van der Waals surface area contributed by atoms with Gasteiger partial charge in [-0.05, 0) is 35.2 Å². The lowest BCUT2D eigenvalue weighted by Crippen LogP contribution is -1.85. The topological polar surface area (TPSA) is 17.1 Å². The standard InChI is InChI=1S/C13H9FOS/c14-12-5-3-10(4-6-12)11(9-15)8-13-2-1-7-16-13/h1-9H/b11-8+. The minimum atomic E-state index is -0.301. The first-order chi connectivity index (χ1) is 7.79. The number of carbonyl (C=O) groups is 1. The monoisotopic (exact) mass is 232 g/mol. The highest BCUT2D eigenvalue weighted by Gasteiger charge is 2.01. The molecule has 0 atom stereocenters. The summed E-state index contributed by atoms with van der Waals surface area (Å²) < 4.78 is 12.7. The summed E-state index contributed by atoms with van der Waals surface area (Å²) >= 11 is 1.56. The lowest BCUT2D eigenvalue weighted by Gasteiger charge is -1.99. The van der Waals surface area contributed by atoms with E-state index in [2.05, 4.69) is 0 Å². The van der Waals surface area contributed by atoms with Crippen LogP contribution in [-0.4, -0.2) is 6.29 Å². The summed E-state index contributed by atoms with van der Waals surface area (Å²) in [5.74, 6) is -0.301. The molecule has 1 aromatic heterocycles. The molecule has 0 aliphatic heterocycles. The minimum absolute atomic E-state index is 0.301. The van der Waals surface area contributed by atoms with E-state index in [1.54, 1.807) is 29.5 Å². The summed E-state index contributed by atoms with van der Waals surface area (Å²) in [6.07, 6.45) is 2.58. The molecule has 0 fully saturated rings. The summed E-state index contributed by atoms with van der Waals surface area (Å²) in [6, 6.07) is 9.75. The molecule has 3 heteroatoms. The van der Waals surface area contributed by atoms with E-state index in [0.717, 1.165) is 16.7 Å². The normalized spacial score (nSPS) is 11.4. The van der Waals surface area contributed by atoms with E-state index in [9.17, 15) is 9.18 Å². The Kier molecular flexibility index (Phi) is 3.27. The van der Waals surface area contributed by atoms with Crippen LogP contribution >= 0.6 is 11.3 Å². The summed E-state index contributed by atoms with van der Waals surface area (Å²) in [5.41, 5.74) is 1.28. The van der Waals surface area contributed by atoms with Crippen LogP contribution < -0.4 is 0 Å². The average molecular weight is 232 g/mol. The first-order valence-corrected chi connectivity index (χ1v) is 5.64. The van der Waals surface area contributed by atoms with E-state index >= 15 is 0 Å². The smallest absolute Gasteiger partial charge is 0.150 e. The number of hydrogen-bond acceptors (Lipinski definition) is 2. The van der Waals surface area contributed by atoms with Crippen LogP contribution in [0.5, 0.6) is 0 Å².